The summed E-state index contributed by atoms with van der Waals surface area (Å²) >= 11 is 0. The Kier molecular flexibility index (Phi) is 4.77. The molecule has 1 rings (SSSR count). The molecule has 0 unspecified atom stereocenters. The number of aliphatic hydroxyl groups is 1. The molecule has 0 saturated heterocycles. The van der Waals surface area contributed by atoms with E-state index in [9.17, 15) is 18.3 Å². The molecule has 0 radical (unpaired) electrons. The van der Waals surface area contributed by atoms with E-state index in [1.54, 1.807) is 7.05 Å². The van der Waals surface area contributed by atoms with Crippen LogP contribution in [0, 0.1) is 0 Å². The number of benzene rings is 1. The van der Waals surface area contributed by atoms with Gasteiger partial charge in [0, 0.05) is 6.54 Å². The Morgan fingerprint density at radius 2 is 2.12 bits per heavy atom. The van der Waals surface area contributed by atoms with Gasteiger partial charge in [-0.3, -0.25) is 0 Å². The number of hydrogen-bond acceptors (Lipinski definition) is 3. The average Bonchev–Trinajstić information content (AvgIpc) is 2.26. The molecule has 0 amide bonds. The van der Waals surface area contributed by atoms with E-state index in [-0.39, 0.29) is 12.4 Å². The van der Waals surface area contributed by atoms with Crippen LogP contribution in [-0.2, 0) is 6.18 Å². The molecule has 0 saturated carbocycles. The van der Waals surface area contributed by atoms with Crippen LogP contribution in [-0.4, -0.2) is 31.4 Å². The molecule has 0 aliphatic rings. The van der Waals surface area contributed by atoms with E-state index in [4.69, 9.17) is 4.74 Å². The highest BCUT2D eigenvalue weighted by Gasteiger charge is 2.30. The van der Waals surface area contributed by atoms with Gasteiger partial charge in [0.25, 0.3) is 0 Å². The van der Waals surface area contributed by atoms with Crippen LogP contribution in [0.15, 0.2) is 24.3 Å². The van der Waals surface area contributed by atoms with Gasteiger partial charge in [0.2, 0.25) is 0 Å². The van der Waals surface area contributed by atoms with Gasteiger partial charge in [0.05, 0.1) is 5.56 Å². The first-order chi connectivity index (χ1) is 7.93. The van der Waals surface area contributed by atoms with Crippen LogP contribution in [0.4, 0.5) is 13.2 Å². The number of halogens is 3. The van der Waals surface area contributed by atoms with Crippen molar-refractivity contribution >= 4 is 0 Å². The van der Waals surface area contributed by atoms with Crippen molar-refractivity contribution in [1.29, 1.82) is 0 Å². The van der Waals surface area contributed by atoms with Gasteiger partial charge >= 0.3 is 6.18 Å². The summed E-state index contributed by atoms with van der Waals surface area (Å²) in [5.41, 5.74) is -0.766. The Bertz CT molecular complexity index is 355. The zero-order valence-electron chi connectivity index (χ0n) is 9.29. The molecule has 1 atom stereocenters. The van der Waals surface area contributed by atoms with E-state index in [1.165, 1.54) is 12.1 Å². The molecule has 0 aromatic heterocycles. The number of aliphatic hydroxyl groups excluding tert-OH is 1. The maximum Gasteiger partial charge on any atom is 0.416 e. The van der Waals surface area contributed by atoms with Crippen molar-refractivity contribution in [2.75, 3.05) is 20.2 Å². The Morgan fingerprint density at radius 1 is 1.41 bits per heavy atom. The molecule has 0 bridgehead atoms. The fourth-order valence-electron chi connectivity index (χ4n) is 1.25. The molecule has 0 aliphatic heterocycles. The van der Waals surface area contributed by atoms with Gasteiger partial charge in [-0.1, -0.05) is 6.07 Å². The van der Waals surface area contributed by atoms with E-state index in [0.29, 0.717) is 6.54 Å². The van der Waals surface area contributed by atoms with Crippen molar-refractivity contribution in [2.24, 2.45) is 0 Å². The molecule has 3 nitrogen and oxygen atoms in total. The maximum absolute atomic E-state index is 12.4. The molecule has 2 N–H and O–H groups in total. The second-order valence-electron chi connectivity index (χ2n) is 3.55. The van der Waals surface area contributed by atoms with Gasteiger partial charge in [0.1, 0.15) is 18.5 Å². The number of nitrogens with one attached hydrogen (secondary N) is 1. The second-order valence-corrected chi connectivity index (χ2v) is 3.55. The number of likely N-dealkylation sites (N-methyl/N-ethyl adjacent to an activating group) is 1. The van der Waals surface area contributed by atoms with Crippen LogP contribution in [0.5, 0.6) is 5.75 Å². The molecule has 0 fully saturated rings. The maximum atomic E-state index is 12.4. The predicted octanol–water partition coefficient (Wildman–Crippen LogP) is 1.66. The summed E-state index contributed by atoms with van der Waals surface area (Å²) in [4.78, 5) is 0. The molecule has 96 valence electrons. The summed E-state index contributed by atoms with van der Waals surface area (Å²) in [5.74, 6) is 0.0926. The number of ether oxygens (including phenoxy) is 1. The highest BCUT2D eigenvalue weighted by atomic mass is 19.4. The number of hydrogen-bond donors (Lipinski definition) is 2. The molecular formula is C11H14F3NO2. The Morgan fingerprint density at radius 3 is 2.71 bits per heavy atom. The zero-order chi connectivity index (χ0) is 12.9. The van der Waals surface area contributed by atoms with Crippen molar-refractivity contribution in [2.45, 2.75) is 12.3 Å². The lowest BCUT2D eigenvalue weighted by Crippen LogP contribution is -2.29. The molecule has 1 aromatic rings. The van der Waals surface area contributed by atoms with Crippen molar-refractivity contribution in [1.82, 2.24) is 5.32 Å². The van der Waals surface area contributed by atoms with Crippen molar-refractivity contribution in [3.8, 4) is 5.75 Å². The molecule has 6 heteroatoms. The minimum Gasteiger partial charge on any atom is -0.491 e. The predicted molar refractivity (Wildman–Crippen MR) is 56.9 cm³/mol. The van der Waals surface area contributed by atoms with Crippen LogP contribution in [0.2, 0.25) is 0 Å². The normalized spacial score (nSPS) is 13.5. The fraction of sp³-hybridized carbons (Fsp3) is 0.455. The number of rotatable bonds is 5. The fourth-order valence-corrected chi connectivity index (χ4v) is 1.25. The minimum absolute atomic E-state index is 0.0534. The first kappa shape index (κ1) is 13.8. The third-order valence-electron chi connectivity index (χ3n) is 2.04. The number of alkyl halides is 3. The standard InChI is InChI=1S/C11H14F3NO2/c1-15-6-9(16)7-17-10-4-2-3-8(5-10)11(12,13)14/h2-5,9,15-16H,6-7H2,1H3/t9-/m0/s1. The van der Waals surface area contributed by atoms with Crippen LogP contribution in [0.25, 0.3) is 0 Å². The molecule has 17 heavy (non-hydrogen) atoms. The molecule has 0 aliphatic carbocycles. The smallest absolute Gasteiger partial charge is 0.416 e. The van der Waals surface area contributed by atoms with Crippen molar-refractivity contribution in [3.63, 3.8) is 0 Å². The van der Waals surface area contributed by atoms with E-state index in [1.807, 2.05) is 0 Å². The average molecular weight is 249 g/mol. The lowest BCUT2D eigenvalue weighted by Gasteiger charge is -2.13. The second kappa shape index (κ2) is 5.88. The van der Waals surface area contributed by atoms with Crippen LogP contribution in [0.3, 0.4) is 0 Å². The molecule has 0 heterocycles. The molecule has 1 aromatic carbocycles. The monoisotopic (exact) mass is 249 g/mol. The van der Waals surface area contributed by atoms with Gasteiger partial charge in [0.15, 0.2) is 0 Å². The molecular weight excluding hydrogens is 235 g/mol. The van der Waals surface area contributed by atoms with Gasteiger partial charge in [-0.15, -0.1) is 0 Å². The first-order valence-electron chi connectivity index (χ1n) is 5.06. The minimum atomic E-state index is -4.39. The lowest BCUT2D eigenvalue weighted by atomic mass is 10.2. The van der Waals surface area contributed by atoms with Crippen LogP contribution in [0.1, 0.15) is 5.56 Å². The summed E-state index contributed by atoms with van der Waals surface area (Å²) in [6, 6.07) is 4.56. The van der Waals surface area contributed by atoms with Crippen molar-refractivity contribution < 1.29 is 23.0 Å². The van der Waals surface area contributed by atoms with E-state index in [2.05, 4.69) is 5.32 Å². The SMILES string of the molecule is CNC[C@H](O)COc1cccc(C(F)(F)F)c1. The third-order valence-corrected chi connectivity index (χ3v) is 2.04. The summed E-state index contributed by atoms with van der Waals surface area (Å²) < 4.78 is 42.2. The van der Waals surface area contributed by atoms with E-state index in [0.717, 1.165) is 12.1 Å². The van der Waals surface area contributed by atoms with E-state index < -0.39 is 17.8 Å². The Labute approximate surface area is 97.2 Å². The first-order valence-corrected chi connectivity index (χ1v) is 5.06. The summed E-state index contributed by atoms with van der Waals surface area (Å²) in [7, 11) is 1.66. The zero-order valence-corrected chi connectivity index (χ0v) is 9.29. The van der Waals surface area contributed by atoms with Crippen molar-refractivity contribution in [3.05, 3.63) is 29.8 Å². The molecule has 0 spiro atoms. The third kappa shape index (κ3) is 4.62. The summed E-state index contributed by atoms with van der Waals surface area (Å²) in [6.45, 7) is 0.265. The van der Waals surface area contributed by atoms with Gasteiger partial charge in [-0.2, -0.15) is 13.2 Å². The highest BCUT2D eigenvalue weighted by Crippen LogP contribution is 2.31. The van der Waals surface area contributed by atoms with Crippen LogP contribution < -0.4 is 10.1 Å². The summed E-state index contributed by atoms with van der Waals surface area (Å²) in [5, 5.41) is 12.1. The Hall–Kier alpha value is -1.27. The van der Waals surface area contributed by atoms with Gasteiger partial charge in [-0.05, 0) is 25.2 Å². The largest absolute Gasteiger partial charge is 0.491 e. The highest BCUT2D eigenvalue weighted by molar-refractivity contribution is 5.30. The summed E-state index contributed by atoms with van der Waals surface area (Å²) in [6.07, 6.45) is -5.14. The van der Waals surface area contributed by atoms with Gasteiger partial charge in [-0.25, -0.2) is 0 Å². The Balaban J connectivity index is 2.60. The van der Waals surface area contributed by atoms with Crippen LogP contribution >= 0.6 is 0 Å². The topological polar surface area (TPSA) is 41.5 Å². The lowest BCUT2D eigenvalue weighted by molar-refractivity contribution is -0.137. The van der Waals surface area contributed by atoms with Gasteiger partial charge < -0.3 is 15.2 Å². The van der Waals surface area contributed by atoms with E-state index >= 15 is 0 Å². The quantitative estimate of drug-likeness (QED) is 0.834.